The first kappa shape index (κ1) is 18.4. The van der Waals surface area contributed by atoms with Crippen LogP contribution in [0.25, 0.3) is 0 Å². The molecule has 1 fully saturated rings. The highest BCUT2D eigenvalue weighted by atomic mass is 35.6. The van der Waals surface area contributed by atoms with Crippen LogP contribution in [0, 0.1) is 5.92 Å². The van der Waals surface area contributed by atoms with E-state index >= 15 is 0 Å². The molecule has 2 amide bonds. The lowest BCUT2D eigenvalue weighted by atomic mass is 9.90. The molecule has 1 heterocycles. The minimum atomic E-state index is -1.87. The quantitative estimate of drug-likeness (QED) is 0.815. The first-order valence-corrected chi connectivity index (χ1v) is 8.61. The lowest BCUT2D eigenvalue weighted by Gasteiger charge is -2.33. The van der Waals surface area contributed by atoms with E-state index in [1.54, 1.807) is 4.90 Å². The average molecular weight is 378 g/mol. The van der Waals surface area contributed by atoms with Gasteiger partial charge in [0, 0.05) is 25.7 Å². The maximum atomic E-state index is 11.9. The molecule has 4 nitrogen and oxygen atoms in total. The third-order valence-electron chi connectivity index (χ3n) is 3.94. The van der Waals surface area contributed by atoms with Crippen molar-refractivity contribution in [3.8, 4) is 0 Å². The van der Waals surface area contributed by atoms with Crippen LogP contribution in [0.4, 0.5) is 5.69 Å². The molecule has 0 spiro atoms. The smallest absolute Gasteiger partial charge is 0.274 e. The summed E-state index contributed by atoms with van der Waals surface area (Å²) >= 11 is 16.9. The molecule has 0 bridgehead atoms. The Balaban J connectivity index is 1.84. The van der Waals surface area contributed by atoms with Crippen molar-refractivity contribution in [2.45, 2.75) is 30.0 Å². The number of halogens is 3. The van der Waals surface area contributed by atoms with Gasteiger partial charge in [-0.2, -0.15) is 0 Å². The summed E-state index contributed by atoms with van der Waals surface area (Å²) < 4.78 is -1.87. The second kappa shape index (κ2) is 7.73. The average Bonchev–Trinajstić information content (AvgIpc) is 2.48. The number of alkyl halides is 3. The van der Waals surface area contributed by atoms with Crippen LogP contribution in [-0.2, 0) is 16.0 Å². The Kier molecular flexibility index (Phi) is 6.18. The zero-order chi connectivity index (χ0) is 17.0. The molecule has 1 aliphatic heterocycles. The summed E-state index contributed by atoms with van der Waals surface area (Å²) in [5, 5.41) is 2.75. The van der Waals surface area contributed by atoms with Gasteiger partial charge in [0.15, 0.2) is 0 Å². The van der Waals surface area contributed by atoms with Crippen LogP contribution in [0.2, 0.25) is 0 Å². The summed E-state index contributed by atoms with van der Waals surface area (Å²) in [5.41, 5.74) is 2.01. The van der Waals surface area contributed by atoms with Gasteiger partial charge in [-0.1, -0.05) is 46.9 Å². The number of nitrogens with one attached hydrogen (secondary N) is 1. The number of hydrogen-bond acceptors (Lipinski definition) is 2. The number of piperidine rings is 1. The summed E-state index contributed by atoms with van der Waals surface area (Å²) in [6.07, 6.45) is 2.72. The number of likely N-dealkylation sites (tertiary alicyclic amines) is 1. The van der Waals surface area contributed by atoms with Gasteiger partial charge in [-0.05, 0) is 42.9 Å². The molecule has 2 rings (SSSR count). The number of carbonyl (C=O) groups is 2. The van der Waals surface area contributed by atoms with Crippen LogP contribution in [0.15, 0.2) is 24.3 Å². The van der Waals surface area contributed by atoms with Crippen molar-refractivity contribution in [1.29, 1.82) is 0 Å². The van der Waals surface area contributed by atoms with Crippen LogP contribution in [0.3, 0.4) is 0 Å². The van der Waals surface area contributed by atoms with E-state index in [2.05, 4.69) is 5.32 Å². The predicted molar refractivity (Wildman–Crippen MR) is 94.0 cm³/mol. The fourth-order valence-corrected chi connectivity index (χ4v) is 3.14. The highest BCUT2D eigenvalue weighted by molar-refractivity contribution is 6.76. The Morgan fingerprint density at radius 3 is 2.22 bits per heavy atom. The van der Waals surface area contributed by atoms with E-state index in [9.17, 15) is 9.59 Å². The monoisotopic (exact) mass is 376 g/mol. The Morgan fingerprint density at radius 2 is 1.74 bits per heavy atom. The first-order chi connectivity index (χ1) is 10.8. The van der Waals surface area contributed by atoms with Gasteiger partial charge in [-0.25, -0.2) is 0 Å². The van der Waals surface area contributed by atoms with Gasteiger partial charge in [0.2, 0.25) is 5.91 Å². The van der Waals surface area contributed by atoms with Crippen LogP contribution < -0.4 is 5.32 Å². The van der Waals surface area contributed by atoms with Crippen LogP contribution in [-0.4, -0.2) is 33.6 Å². The number of amides is 2. The van der Waals surface area contributed by atoms with Gasteiger partial charge < -0.3 is 10.2 Å². The van der Waals surface area contributed by atoms with Gasteiger partial charge in [0.25, 0.3) is 9.70 Å². The fraction of sp³-hybridized carbons (Fsp3) is 0.500. The van der Waals surface area contributed by atoms with Crippen molar-refractivity contribution in [3.63, 3.8) is 0 Å². The molecule has 1 N–H and O–H groups in total. The standard InChI is InChI=1S/C16H19Cl3N2O2/c1-11(22)20-14-4-2-12(3-5-14)10-13-6-8-21(9-7-13)15(23)16(17,18)19/h2-5,13H,6-10H2,1H3,(H,20,22). The predicted octanol–water partition coefficient (Wildman–Crippen LogP) is 3.80. The highest BCUT2D eigenvalue weighted by Gasteiger charge is 2.36. The second-order valence-electron chi connectivity index (χ2n) is 5.82. The number of anilines is 1. The van der Waals surface area contributed by atoms with E-state index in [1.165, 1.54) is 12.5 Å². The molecular weight excluding hydrogens is 359 g/mol. The lowest BCUT2D eigenvalue weighted by Crippen LogP contribution is -2.44. The van der Waals surface area contributed by atoms with Crippen molar-refractivity contribution >= 4 is 52.3 Å². The molecule has 0 aromatic heterocycles. The molecule has 0 aliphatic carbocycles. The van der Waals surface area contributed by atoms with Gasteiger partial charge >= 0.3 is 0 Å². The summed E-state index contributed by atoms with van der Waals surface area (Å²) in [6, 6.07) is 7.84. The minimum absolute atomic E-state index is 0.0799. The highest BCUT2D eigenvalue weighted by Crippen LogP contribution is 2.31. The van der Waals surface area contributed by atoms with Crippen LogP contribution in [0.5, 0.6) is 0 Å². The fourth-order valence-electron chi connectivity index (χ4n) is 2.78. The number of benzene rings is 1. The summed E-state index contributed by atoms with van der Waals surface area (Å²) in [5.74, 6) is -0.0228. The van der Waals surface area contributed by atoms with E-state index in [0.29, 0.717) is 19.0 Å². The minimum Gasteiger partial charge on any atom is -0.339 e. The number of carbonyl (C=O) groups excluding carboxylic acids is 2. The van der Waals surface area contributed by atoms with Crippen molar-refractivity contribution in [2.24, 2.45) is 5.92 Å². The van der Waals surface area contributed by atoms with E-state index in [-0.39, 0.29) is 5.91 Å². The molecule has 1 saturated heterocycles. The molecule has 0 saturated carbocycles. The normalized spacial score (nSPS) is 16.3. The van der Waals surface area contributed by atoms with Crippen LogP contribution >= 0.6 is 34.8 Å². The van der Waals surface area contributed by atoms with Crippen molar-refractivity contribution in [3.05, 3.63) is 29.8 Å². The Hall–Kier alpha value is -0.970. The van der Waals surface area contributed by atoms with Crippen LogP contribution in [0.1, 0.15) is 25.3 Å². The van der Waals surface area contributed by atoms with E-state index < -0.39 is 9.70 Å². The molecular formula is C16H19Cl3N2O2. The first-order valence-electron chi connectivity index (χ1n) is 7.48. The Morgan fingerprint density at radius 1 is 1.17 bits per heavy atom. The lowest BCUT2D eigenvalue weighted by molar-refractivity contribution is -0.131. The third-order valence-corrected chi connectivity index (χ3v) is 4.43. The van der Waals surface area contributed by atoms with Crippen molar-refractivity contribution in [2.75, 3.05) is 18.4 Å². The Labute approximate surface area is 151 Å². The maximum Gasteiger partial charge on any atom is 0.274 e. The van der Waals surface area contributed by atoms with Gasteiger partial charge in [0.05, 0.1) is 0 Å². The number of hydrogen-bond donors (Lipinski definition) is 1. The van der Waals surface area contributed by atoms with Crippen molar-refractivity contribution < 1.29 is 9.59 Å². The van der Waals surface area contributed by atoms with E-state index in [1.807, 2.05) is 24.3 Å². The molecule has 1 aliphatic rings. The van der Waals surface area contributed by atoms with E-state index in [0.717, 1.165) is 24.9 Å². The van der Waals surface area contributed by atoms with Crippen molar-refractivity contribution in [1.82, 2.24) is 4.90 Å². The second-order valence-corrected chi connectivity index (χ2v) is 8.10. The van der Waals surface area contributed by atoms with Gasteiger partial charge in [-0.3, -0.25) is 9.59 Å². The van der Waals surface area contributed by atoms with Gasteiger partial charge in [0.1, 0.15) is 0 Å². The molecule has 0 atom stereocenters. The number of nitrogens with zero attached hydrogens (tertiary/aromatic N) is 1. The summed E-state index contributed by atoms with van der Waals surface area (Å²) in [6.45, 7) is 2.71. The summed E-state index contributed by atoms with van der Waals surface area (Å²) in [4.78, 5) is 24.5. The molecule has 126 valence electrons. The summed E-state index contributed by atoms with van der Waals surface area (Å²) in [7, 11) is 0. The largest absolute Gasteiger partial charge is 0.339 e. The molecule has 0 unspecified atom stereocenters. The van der Waals surface area contributed by atoms with E-state index in [4.69, 9.17) is 34.8 Å². The SMILES string of the molecule is CC(=O)Nc1ccc(CC2CCN(C(=O)C(Cl)(Cl)Cl)CC2)cc1. The Bertz CT molecular complexity index is 562. The molecule has 0 radical (unpaired) electrons. The zero-order valence-corrected chi connectivity index (χ0v) is 15.1. The molecule has 1 aromatic rings. The zero-order valence-electron chi connectivity index (χ0n) is 12.8. The maximum absolute atomic E-state index is 11.9. The molecule has 23 heavy (non-hydrogen) atoms. The molecule has 7 heteroatoms. The molecule has 1 aromatic carbocycles. The topological polar surface area (TPSA) is 49.4 Å². The van der Waals surface area contributed by atoms with Gasteiger partial charge in [-0.15, -0.1) is 0 Å². The third kappa shape index (κ3) is 5.55. The number of rotatable bonds is 3.